The number of nitrogens with zero attached hydrogens (tertiary/aromatic N) is 1. The van der Waals surface area contributed by atoms with Gasteiger partial charge in [0.05, 0.1) is 0 Å². The predicted molar refractivity (Wildman–Crippen MR) is 65.3 cm³/mol. The third kappa shape index (κ3) is 4.58. The molecule has 1 heterocycles. The van der Waals surface area contributed by atoms with Crippen molar-refractivity contribution in [3.63, 3.8) is 0 Å². The fourth-order valence-electron chi connectivity index (χ4n) is 1.91. The third-order valence-electron chi connectivity index (χ3n) is 2.64. The summed E-state index contributed by atoms with van der Waals surface area (Å²) in [5, 5.41) is 17.0. The van der Waals surface area contributed by atoms with Crippen LogP contribution < -0.4 is 5.32 Å². The molecule has 0 aromatic heterocycles. The number of fused-ring (bicyclic) bond motifs is 1. The molecule has 1 aliphatic heterocycles. The first-order valence-corrected chi connectivity index (χ1v) is 5.86. The lowest BCUT2D eigenvalue weighted by Gasteiger charge is -2.13. The minimum absolute atomic E-state index is 0.486. The molecule has 1 aromatic rings. The van der Waals surface area contributed by atoms with Gasteiger partial charge in [-0.1, -0.05) is 24.3 Å². The molecule has 0 saturated heterocycles. The zero-order chi connectivity index (χ0) is 12.7. The summed E-state index contributed by atoms with van der Waals surface area (Å²) in [6.45, 7) is 2.09. The molecule has 0 saturated carbocycles. The molecule has 0 spiro atoms. The minimum Gasteiger partial charge on any atom is -0.328 e. The van der Waals surface area contributed by atoms with Crippen LogP contribution in [0.25, 0.3) is 0 Å². The van der Waals surface area contributed by atoms with E-state index in [9.17, 15) is 0 Å². The molecule has 0 aliphatic carbocycles. The molecule has 17 heavy (non-hydrogen) atoms. The summed E-state index contributed by atoms with van der Waals surface area (Å²) in [4.78, 5) is 8.36. The van der Waals surface area contributed by atoms with Crippen molar-refractivity contribution in [2.45, 2.75) is 12.3 Å². The van der Waals surface area contributed by atoms with E-state index in [2.05, 4.69) is 29.6 Å². The van der Waals surface area contributed by atoms with Crippen LogP contribution in [0.4, 0.5) is 0 Å². The molecule has 0 bridgehead atoms. The number of hydrogen-bond acceptors (Lipinski definition) is 3. The van der Waals surface area contributed by atoms with Gasteiger partial charge < -0.3 is 10.5 Å². The van der Waals surface area contributed by atoms with Crippen LogP contribution in [-0.2, 0) is 6.42 Å². The fraction of sp³-hybridized carbons (Fsp3) is 0.455. The Morgan fingerprint density at radius 3 is 2.82 bits per heavy atom. The molecule has 0 unspecified atom stereocenters. The Kier molecular flexibility index (Phi) is 5.72. The molecule has 0 amide bonds. The Labute approximate surface area is 105 Å². The predicted octanol–water partition coefficient (Wildman–Crippen LogP) is 1.81. The van der Waals surface area contributed by atoms with Gasteiger partial charge in [0.15, 0.2) is 0 Å². The summed E-state index contributed by atoms with van der Waals surface area (Å²) < 4.78 is 0. The topological polar surface area (TPSA) is 75.4 Å². The molecule has 0 radical (unpaired) electrons. The van der Waals surface area contributed by atoms with E-state index in [4.69, 9.17) is 26.9 Å². The maximum atomic E-state index is 8.36. The lowest BCUT2D eigenvalue weighted by molar-refractivity contribution is -0.742. The van der Waals surface area contributed by atoms with Crippen molar-refractivity contribution in [1.82, 2.24) is 5.32 Å². The zero-order valence-electron chi connectivity index (χ0n) is 9.30. The number of halogens is 1. The van der Waals surface area contributed by atoms with Gasteiger partial charge in [-0.3, -0.25) is 0 Å². The van der Waals surface area contributed by atoms with Gasteiger partial charge in [0, 0.05) is 18.3 Å². The van der Waals surface area contributed by atoms with Gasteiger partial charge in [-0.25, -0.2) is 0 Å². The number of benzene rings is 1. The quantitative estimate of drug-likeness (QED) is 0.458. The van der Waals surface area contributed by atoms with Crippen molar-refractivity contribution in [2.24, 2.45) is 0 Å². The van der Waals surface area contributed by atoms with Crippen LogP contribution in [0.5, 0.6) is 0 Å². The normalized spacial score (nSPS) is 18.3. The number of nitrogens with one attached hydrogen (secondary N) is 1. The van der Waals surface area contributed by atoms with E-state index < -0.39 is 5.09 Å². The fourth-order valence-corrected chi connectivity index (χ4v) is 2.18. The Bertz CT molecular complexity index is 369. The second-order valence-corrected chi connectivity index (χ2v) is 4.05. The van der Waals surface area contributed by atoms with Gasteiger partial charge in [-0.15, -0.1) is 21.7 Å². The van der Waals surface area contributed by atoms with E-state index in [1.165, 1.54) is 11.1 Å². The molecule has 2 N–H and O–H groups in total. The third-order valence-corrected chi connectivity index (χ3v) is 3.02. The van der Waals surface area contributed by atoms with Crippen molar-refractivity contribution in [1.29, 1.82) is 0 Å². The maximum absolute atomic E-state index is 8.36. The first kappa shape index (κ1) is 13.7. The first-order valence-electron chi connectivity index (χ1n) is 5.33. The number of hydrogen-bond donors (Lipinski definition) is 2. The van der Waals surface area contributed by atoms with Crippen molar-refractivity contribution in [3.05, 3.63) is 45.5 Å². The molecule has 2 rings (SSSR count). The van der Waals surface area contributed by atoms with Gasteiger partial charge in [-0.05, 0) is 24.1 Å². The van der Waals surface area contributed by atoms with Gasteiger partial charge in [0.1, 0.15) is 0 Å². The highest BCUT2D eigenvalue weighted by Gasteiger charge is 2.16. The molecule has 1 aliphatic rings. The van der Waals surface area contributed by atoms with E-state index in [1.54, 1.807) is 0 Å². The lowest BCUT2D eigenvalue weighted by Crippen LogP contribution is -2.20. The van der Waals surface area contributed by atoms with Crippen LogP contribution >= 0.6 is 11.6 Å². The molecular weight excluding hydrogens is 244 g/mol. The average molecular weight is 259 g/mol. The highest BCUT2D eigenvalue weighted by Crippen LogP contribution is 2.23. The standard InChI is InChI=1S/C11H14ClN.HNO3/c12-7-10-8-13-6-5-9-3-1-2-4-11(9)10;2-1(3)4/h1-4,10,13H,5-8H2;(H,2,3,4)/t10-;/m1./s1. The minimum atomic E-state index is -1.50. The second kappa shape index (κ2) is 7.09. The number of alkyl halides is 1. The molecular formula is C11H15ClN2O3. The smallest absolute Gasteiger partial charge is 0.291 e. The molecule has 1 atom stereocenters. The van der Waals surface area contributed by atoms with Gasteiger partial charge in [0.2, 0.25) is 0 Å². The van der Waals surface area contributed by atoms with Gasteiger partial charge in [0.25, 0.3) is 5.09 Å². The summed E-state index contributed by atoms with van der Waals surface area (Å²) in [6, 6.07) is 8.62. The molecule has 1 aromatic carbocycles. The lowest BCUT2D eigenvalue weighted by atomic mass is 9.95. The maximum Gasteiger partial charge on any atom is 0.291 e. The van der Waals surface area contributed by atoms with E-state index in [0.717, 1.165) is 19.5 Å². The second-order valence-electron chi connectivity index (χ2n) is 3.74. The summed E-state index contributed by atoms with van der Waals surface area (Å²) in [5.74, 6) is 1.20. The van der Waals surface area contributed by atoms with Gasteiger partial charge in [-0.2, -0.15) is 0 Å². The Hall–Kier alpha value is -1.33. The summed E-state index contributed by atoms with van der Waals surface area (Å²) >= 11 is 5.94. The SMILES string of the molecule is ClC[C@@H]1CNCCc2ccccc21.O=[N+]([O-])O. The van der Waals surface area contributed by atoms with E-state index >= 15 is 0 Å². The van der Waals surface area contributed by atoms with E-state index in [0.29, 0.717) is 11.8 Å². The largest absolute Gasteiger partial charge is 0.328 e. The molecule has 5 nitrogen and oxygen atoms in total. The Balaban J connectivity index is 0.000000317. The van der Waals surface area contributed by atoms with Crippen LogP contribution in [0.3, 0.4) is 0 Å². The molecule has 0 fully saturated rings. The monoisotopic (exact) mass is 258 g/mol. The molecule has 94 valence electrons. The van der Waals surface area contributed by atoms with Crippen LogP contribution in [0.1, 0.15) is 17.0 Å². The highest BCUT2D eigenvalue weighted by atomic mass is 35.5. The Morgan fingerprint density at radius 1 is 1.53 bits per heavy atom. The Morgan fingerprint density at radius 2 is 2.18 bits per heavy atom. The van der Waals surface area contributed by atoms with Crippen LogP contribution in [0, 0.1) is 10.1 Å². The summed E-state index contributed by atoms with van der Waals surface area (Å²) in [6.07, 6.45) is 1.13. The van der Waals surface area contributed by atoms with Crippen LogP contribution in [-0.4, -0.2) is 29.3 Å². The summed E-state index contributed by atoms with van der Waals surface area (Å²) in [7, 11) is 0. The number of rotatable bonds is 1. The highest BCUT2D eigenvalue weighted by molar-refractivity contribution is 6.18. The van der Waals surface area contributed by atoms with E-state index in [1.807, 2.05) is 0 Å². The van der Waals surface area contributed by atoms with Crippen LogP contribution in [0.2, 0.25) is 0 Å². The van der Waals surface area contributed by atoms with E-state index in [-0.39, 0.29) is 0 Å². The summed E-state index contributed by atoms with van der Waals surface area (Å²) in [5.41, 5.74) is 2.89. The van der Waals surface area contributed by atoms with Crippen molar-refractivity contribution in [3.8, 4) is 0 Å². The van der Waals surface area contributed by atoms with Crippen LogP contribution in [0.15, 0.2) is 24.3 Å². The zero-order valence-corrected chi connectivity index (χ0v) is 10.1. The molecule has 6 heteroatoms. The van der Waals surface area contributed by atoms with Crippen molar-refractivity contribution >= 4 is 11.6 Å². The van der Waals surface area contributed by atoms with Gasteiger partial charge >= 0.3 is 0 Å². The van der Waals surface area contributed by atoms with Crippen molar-refractivity contribution < 1.29 is 10.3 Å². The first-order chi connectivity index (χ1) is 8.15. The van der Waals surface area contributed by atoms with Crippen molar-refractivity contribution in [2.75, 3.05) is 19.0 Å². The average Bonchev–Trinajstić information content (AvgIpc) is 2.50.